The lowest BCUT2D eigenvalue weighted by atomic mass is 10.2. The summed E-state index contributed by atoms with van der Waals surface area (Å²) in [7, 11) is -3.33. The van der Waals surface area contributed by atoms with Gasteiger partial charge >= 0.3 is 0 Å². The monoisotopic (exact) mass is 443 g/mol. The van der Waals surface area contributed by atoms with Crippen molar-refractivity contribution in [3.8, 4) is 11.4 Å². The first kappa shape index (κ1) is 22.9. The van der Waals surface area contributed by atoms with Crippen LogP contribution in [-0.4, -0.2) is 46.9 Å². The van der Waals surface area contributed by atoms with Crippen LogP contribution in [0.25, 0.3) is 11.4 Å². The number of aromatic nitrogens is 4. The summed E-state index contributed by atoms with van der Waals surface area (Å²) in [6.07, 6.45) is 3.98. The zero-order valence-corrected chi connectivity index (χ0v) is 19.2. The van der Waals surface area contributed by atoms with Crippen LogP contribution in [0.2, 0.25) is 0 Å². The Morgan fingerprint density at radius 3 is 2.55 bits per heavy atom. The normalized spacial score (nSPS) is 11.8. The molecule has 0 atom stereocenters. The van der Waals surface area contributed by atoms with E-state index in [9.17, 15) is 8.42 Å². The fourth-order valence-electron chi connectivity index (χ4n) is 3.34. The van der Waals surface area contributed by atoms with E-state index in [1.54, 1.807) is 30.5 Å². The van der Waals surface area contributed by atoms with E-state index in [4.69, 9.17) is 4.74 Å². The zero-order valence-electron chi connectivity index (χ0n) is 18.4. The maximum absolute atomic E-state index is 12.4. The van der Waals surface area contributed by atoms with E-state index in [2.05, 4.69) is 38.7 Å². The Morgan fingerprint density at radius 1 is 1.13 bits per heavy atom. The molecule has 166 valence electrons. The van der Waals surface area contributed by atoms with Crippen molar-refractivity contribution in [2.75, 3.05) is 24.3 Å². The molecule has 0 saturated heterocycles. The second kappa shape index (κ2) is 10.0. The summed E-state index contributed by atoms with van der Waals surface area (Å²) in [4.78, 5) is 13.6. The van der Waals surface area contributed by atoms with E-state index in [1.165, 1.54) is 0 Å². The molecule has 2 aromatic heterocycles. The molecule has 3 aromatic rings. The van der Waals surface area contributed by atoms with Crippen molar-refractivity contribution in [3.05, 3.63) is 48.5 Å². The van der Waals surface area contributed by atoms with Crippen LogP contribution in [0.5, 0.6) is 0 Å². The molecule has 8 nitrogen and oxygen atoms in total. The van der Waals surface area contributed by atoms with Crippen LogP contribution in [0, 0.1) is 6.92 Å². The van der Waals surface area contributed by atoms with Crippen molar-refractivity contribution in [2.45, 2.75) is 45.1 Å². The number of nitrogens with zero attached hydrogens (tertiary/aromatic N) is 4. The van der Waals surface area contributed by atoms with Crippen molar-refractivity contribution in [1.29, 1.82) is 0 Å². The minimum Gasteiger partial charge on any atom is -0.382 e. The second-order valence-electron chi connectivity index (χ2n) is 7.44. The van der Waals surface area contributed by atoms with Gasteiger partial charge in [-0.05, 0) is 64.4 Å². The van der Waals surface area contributed by atoms with Gasteiger partial charge in [0.25, 0.3) is 0 Å². The molecule has 0 fully saturated rings. The molecule has 0 saturated carbocycles. The Hall–Kier alpha value is -2.78. The molecule has 0 radical (unpaired) electrons. The number of rotatable bonds is 10. The molecule has 0 aliphatic rings. The SMILES string of the molecule is CCOCCCS(=O)(=O)c1ccc(Nc2nccc(-c3cnc(C)n3C(C)C)n2)cc1. The van der Waals surface area contributed by atoms with Crippen LogP contribution in [-0.2, 0) is 14.6 Å². The number of ether oxygens (including phenoxy) is 1. The standard InChI is InChI=1S/C22H29N5O3S/c1-5-30-13-6-14-31(28,29)19-9-7-18(8-10-19)25-22-23-12-11-20(26-22)21-15-24-17(4)27(21)16(2)3/h7-12,15-16H,5-6,13-14H2,1-4H3,(H,23,25,26). The van der Waals surface area contributed by atoms with Crippen molar-refractivity contribution < 1.29 is 13.2 Å². The van der Waals surface area contributed by atoms with E-state index in [1.807, 2.05) is 26.1 Å². The highest BCUT2D eigenvalue weighted by Gasteiger charge is 2.15. The van der Waals surface area contributed by atoms with E-state index < -0.39 is 9.84 Å². The maximum Gasteiger partial charge on any atom is 0.227 e. The average Bonchev–Trinajstić information content (AvgIpc) is 3.14. The van der Waals surface area contributed by atoms with Crippen molar-refractivity contribution in [2.24, 2.45) is 0 Å². The lowest BCUT2D eigenvalue weighted by Crippen LogP contribution is -2.09. The molecule has 1 N–H and O–H groups in total. The number of benzene rings is 1. The molecule has 0 unspecified atom stereocenters. The predicted octanol–water partition coefficient (Wildman–Crippen LogP) is 4.17. The molecular formula is C22H29N5O3S. The molecule has 2 heterocycles. The average molecular weight is 444 g/mol. The van der Waals surface area contributed by atoms with Gasteiger partial charge in [0.15, 0.2) is 9.84 Å². The number of nitrogens with one attached hydrogen (secondary N) is 1. The van der Waals surface area contributed by atoms with Gasteiger partial charge < -0.3 is 14.6 Å². The van der Waals surface area contributed by atoms with Gasteiger partial charge in [0.05, 0.1) is 28.2 Å². The zero-order chi connectivity index (χ0) is 22.4. The summed E-state index contributed by atoms with van der Waals surface area (Å²) < 4.78 is 32.2. The van der Waals surface area contributed by atoms with Gasteiger partial charge in [0.1, 0.15) is 5.82 Å². The first-order valence-corrected chi connectivity index (χ1v) is 12.0. The third kappa shape index (κ3) is 5.68. The number of anilines is 2. The molecule has 1 aromatic carbocycles. The smallest absolute Gasteiger partial charge is 0.227 e. The highest BCUT2D eigenvalue weighted by atomic mass is 32.2. The van der Waals surface area contributed by atoms with Crippen LogP contribution in [0.4, 0.5) is 11.6 Å². The van der Waals surface area contributed by atoms with Crippen molar-refractivity contribution in [1.82, 2.24) is 19.5 Å². The Balaban J connectivity index is 1.73. The van der Waals surface area contributed by atoms with Crippen molar-refractivity contribution >= 4 is 21.5 Å². The summed E-state index contributed by atoms with van der Waals surface area (Å²) in [6, 6.07) is 8.73. The molecular weight excluding hydrogens is 414 g/mol. The van der Waals surface area contributed by atoms with Gasteiger partial charge in [-0.3, -0.25) is 0 Å². The molecule has 0 aliphatic heterocycles. The lowest BCUT2D eigenvalue weighted by Gasteiger charge is -2.14. The van der Waals surface area contributed by atoms with E-state index in [0.29, 0.717) is 36.2 Å². The van der Waals surface area contributed by atoms with E-state index in [0.717, 1.165) is 17.2 Å². The first-order valence-electron chi connectivity index (χ1n) is 10.4. The molecule has 31 heavy (non-hydrogen) atoms. The van der Waals surface area contributed by atoms with E-state index in [-0.39, 0.29) is 11.8 Å². The summed E-state index contributed by atoms with van der Waals surface area (Å²) >= 11 is 0. The Kier molecular flexibility index (Phi) is 7.40. The Bertz CT molecular complexity index is 1110. The first-order chi connectivity index (χ1) is 14.8. The third-order valence-corrected chi connectivity index (χ3v) is 6.61. The summed E-state index contributed by atoms with van der Waals surface area (Å²) in [5, 5.41) is 3.14. The number of hydrogen-bond acceptors (Lipinski definition) is 7. The molecule has 3 rings (SSSR count). The van der Waals surface area contributed by atoms with Crippen LogP contribution in [0.1, 0.15) is 39.1 Å². The minimum absolute atomic E-state index is 0.0634. The number of aryl methyl sites for hydroxylation is 1. The minimum atomic E-state index is -3.33. The second-order valence-corrected chi connectivity index (χ2v) is 9.55. The quantitative estimate of drug-likeness (QED) is 0.469. The highest BCUT2D eigenvalue weighted by Crippen LogP contribution is 2.24. The molecule has 9 heteroatoms. The van der Waals surface area contributed by atoms with Crippen LogP contribution >= 0.6 is 0 Å². The molecule has 0 bridgehead atoms. The number of hydrogen-bond donors (Lipinski definition) is 1. The summed E-state index contributed by atoms with van der Waals surface area (Å²) in [5.41, 5.74) is 2.39. The van der Waals surface area contributed by atoms with Crippen molar-refractivity contribution in [3.63, 3.8) is 0 Å². The Morgan fingerprint density at radius 2 is 1.87 bits per heavy atom. The van der Waals surface area contributed by atoms with Gasteiger partial charge in [-0.1, -0.05) is 0 Å². The summed E-state index contributed by atoms with van der Waals surface area (Å²) in [6.45, 7) is 9.09. The van der Waals surface area contributed by atoms with Crippen LogP contribution in [0.3, 0.4) is 0 Å². The topological polar surface area (TPSA) is 99.0 Å². The fraction of sp³-hybridized carbons (Fsp3) is 0.409. The van der Waals surface area contributed by atoms with Crippen LogP contribution in [0.15, 0.2) is 47.6 Å². The third-order valence-electron chi connectivity index (χ3n) is 4.79. The molecule has 0 aliphatic carbocycles. The Labute approximate surface area is 183 Å². The fourth-order valence-corrected chi connectivity index (χ4v) is 4.63. The number of imidazole rings is 1. The van der Waals surface area contributed by atoms with Gasteiger partial charge in [-0.2, -0.15) is 0 Å². The molecule has 0 amide bonds. The maximum atomic E-state index is 12.4. The largest absolute Gasteiger partial charge is 0.382 e. The highest BCUT2D eigenvalue weighted by molar-refractivity contribution is 7.91. The van der Waals surface area contributed by atoms with Gasteiger partial charge in [0.2, 0.25) is 5.95 Å². The summed E-state index contributed by atoms with van der Waals surface area (Å²) in [5.74, 6) is 1.42. The van der Waals surface area contributed by atoms with Gasteiger partial charge in [-0.15, -0.1) is 0 Å². The number of sulfone groups is 1. The predicted molar refractivity (Wildman–Crippen MR) is 121 cm³/mol. The van der Waals surface area contributed by atoms with Crippen LogP contribution < -0.4 is 5.32 Å². The van der Waals surface area contributed by atoms with Gasteiger partial charge in [-0.25, -0.2) is 23.4 Å². The molecule has 0 spiro atoms. The lowest BCUT2D eigenvalue weighted by molar-refractivity contribution is 0.148. The van der Waals surface area contributed by atoms with Gasteiger partial charge in [0, 0.05) is 31.1 Å². The van der Waals surface area contributed by atoms with E-state index >= 15 is 0 Å².